The number of carbonyl (C=O) groups is 2. The molecule has 0 aromatic rings. The molecule has 14 heavy (non-hydrogen) atoms. The summed E-state index contributed by atoms with van der Waals surface area (Å²) in [6.45, 7) is 2.64. The van der Waals surface area contributed by atoms with Crippen LogP contribution in [0.4, 0.5) is 0 Å². The maximum Gasteiger partial charge on any atom is 0.239 e. The van der Waals surface area contributed by atoms with Gasteiger partial charge >= 0.3 is 0 Å². The zero-order valence-electron chi connectivity index (χ0n) is 8.62. The maximum atomic E-state index is 11.5. The summed E-state index contributed by atoms with van der Waals surface area (Å²) in [6, 6.07) is -0.178. The third kappa shape index (κ3) is 2.70. The predicted molar refractivity (Wildman–Crippen MR) is 52.5 cm³/mol. The van der Waals surface area contributed by atoms with E-state index in [1.54, 1.807) is 11.9 Å². The van der Waals surface area contributed by atoms with Crippen molar-refractivity contribution >= 4 is 11.8 Å². The van der Waals surface area contributed by atoms with Crippen LogP contribution >= 0.6 is 0 Å². The molecule has 0 bridgehead atoms. The first-order chi connectivity index (χ1) is 6.50. The van der Waals surface area contributed by atoms with E-state index in [9.17, 15) is 9.59 Å². The van der Waals surface area contributed by atoms with Gasteiger partial charge in [-0.1, -0.05) is 0 Å². The molecule has 1 heterocycles. The third-order valence-electron chi connectivity index (χ3n) is 2.42. The highest BCUT2D eigenvalue weighted by atomic mass is 16.2. The van der Waals surface area contributed by atoms with Crippen LogP contribution in [0.2, 0.25) is 0 Å². The Morgan fingerprint density at radius 3 is 2.86 bits per heavy atom. The van der Waals surface area contributed by atoms with Crippen LogP contribution < -0.4 is 11.1 Å². The normalized spacial score (nSPS) is 24.0. The lowest BCUT2D eigenvalue weighted by atomic mass is 10.1. The Bertz CT molecular complexity index is 242. The van der Waals surface area contributed by atoms with Crippen molar-refractivity contribution in [3.05, 3.63) is 0 Å². The van der Waals surface area contributed by atoms with E-state index in [-0.39, 0.29) is 30.3 Å². The molecular formula is C9H17N3O2. The highest BCUT2D eigenvalue weighted by Crippen LogP contribution is 2.09. The van der Waals surface area contributed by atoms with E-state index in [1.165, 1.54) is 0 Å². The largest absolute Gasteiger partial charge is 0.370 e. The molecule has 1 aliphatic rings. The molecule has 3 N–H and O–H groups in total. The number of hydrogen-bond acceptors (Lipinski definition) is 3. The number of likely N-dealkylation sites (N-methyl/N-ethyl adjacent to an activating group) is 1. The summed E-state index contributed by atoms with van der Waals surface area (Å²) in [5, 5.41) is 3.10. The zero-order chi connectivity index (χ0) is 10.7. The first-order valence-electron chi connectivity index (χ1n) is 4.80. The van der Waals surface area contributed by atoms with E-state index < -0.39 is 0 Å². The van der Waals surface area contributed by atoms with E-state index in [1.807, 2.05) is 6.92 Å². The van der Waals surface area contributed by atoms with Crippen LogP contribution in [-0.2, 0) is 9.59 Å². The fourth-order valence-electron chi connectivity index (χ4n) is 1.68. The van der Waals surface area contributed by atoms with Gasteiger partial charge in [-0.25, -0.2) is 0 Å². The van der Waals surface area contributed by atoms with Crippen LogP contribution in [-0.4, -0.2) is 42.4 Å². The molecule has 1 fully saturated rings. The number of amides is 2. The topological polar surface area (TPSA) is 75.4 Å². The average Bonchev–Trinajstić information content (AvgIpc) is 2.34. The molecule has 1 aliphatic heterocycles. The number of carbonyl (C=O) groups excluding carboxylic acids is 2. The number of nitrogens with zero attached hydrogens (tertiary/aromatic N) is 1. The first-order valence-corrected chi connectivity index (χ1v) is 4.80. The summed E-state index contributed by atoms with van der Waals surface area (Å²) < 4.78 is 0. The molecule has 0 radical (unpaired) electrons. The van der Waals surface area contributed by atoms with E-state index in [2.05, 4.69) is 5.32 Å². The van der Waals surface area contributed by atoms with Crippen molar-refractivity contribution in [3.8, 4) is 0 Å². The van der Waals surface area contributed by atoms with Gasteiger partial charge in [0.2, 0.25) is 11.8 Å². The highest BCUT2D eigenvalue weighted by Gasteiger charge is 2.29. The van der Waals surface area contributed by atoms with Crippen LogP contribution in [0.15, 0.2) is 0 Å². The van der Waals surface area contributed by atoms with Crippen LogP contribution in [0, 0.1) is 0 Å². The lowest BCUT2D eigenvalue weighted by Crippen LogP contribution is -2.43. The second kappa shape index (κ2) is 4.41. The fourth-order valence-corrected chi connectivity index (χ4v) is 1.68. The molecule has 5 heteroatoms. The standard InChI is InChI=1S/C9H17N3O2/c1-6(5-8(10)13)11-7-3-4-12(2)9(7)14/h6-7,11H,3-5H2,1-2H3,(H2,10,13). The molecule has 1 rings (SSSR count). The predicted octanol–water partition coefficient (Wildman–Crippen LogP) is -0.929. The van der Waals surface area contributed by atoms with Crippen molar-refractivity contribution in [1.82, 2.24) is 10.2 Å². The summed E-state index contributed by atoms with van der Waals surface area (Å²) in [6.07, 6.45) is 1.08. The van der Waals surface area contributed by atoms with Crippen LogP contribution in [0.25, 0.3) is 0 Å². The Kier molecular flexibility index (Phi) is 3.46. The second-order valence-electron chi connectivity index (χ2n) is 3.84. The van der Waals surface area contributed by atoms with Gasteiger partial charge in [0.15, 0.2) is 0 Å². The van der Waals surface area contributed by atoms with E-state index >= 15 is 0 Å². The number of nitrogens with two attached hydrogens (primary N) is 1. The number of likely N-dealkylation sites (tertiary alicyclic amines) is 1. The molecule has 1 saturated heterocycles. The van der Waals surface area contributed by atoms with Gasteiger partial charge in [-0.05, 0) is 13.3 Å². The van der Waals surface area contributed by atoms with Gasteiger partial charge in [0.05, 0.1) is 6.04 Å². The summed E-state index contributed by atoms with van der Waals surface area (Å²) >= 11 is 0. The fraction of sp³-hybridized carbons (Fsp3) is 0.778. The highest BCUT2D eigenvalue weighted by molar-refractivity contribution is 5.83. The molecule has 80 valence electrons. The Balaban J connectivity index is 2.37. The van der Waals surface area contributed by atoms with Gasteiger partial charge < -0.3 is 16.0 Å². The quantitative estimate of drug-likeness (QED) is 0.614. The van der Waals surface area contributed by atoms with Crippen LogP contribution in [0.1, 0.15) is 19.8 Å². The van der Waals surface area contributed by atoms with Crippen molar-refractivity contribution in [2.75, 3.05) is 13.6 Å². The summed E-state index contributed by atoms with van der Waals surface area (Å²) in [7, 11) is 1.78. The van der Waals surface area contributed by atoms with E-state index in [0.717, 1.165) is 13.0 Å². The van der Waals surface area contributed by atoms with Crippen molar-refractivity contribution in [3.63, 3.8) is 0 Å². The van der Waals surface area contributed by atoms with Gasteiger partial charge in [-0.3, -0.25) is 9.59 Å². The number of hydrogen-bond donors (Lipinski definition) is 2. The van der Waals surface area contributed by atoms with Crippen molar-refractivity contribution in [2.24, 2.45) is 5.73 Å². The minimum atomic E-state index is -0.344. The van der Waals surface area contributed by atoms with E-state index in [4.69, 9.17) is 5.73 Å². The monoisotopic (exact) mass is 199 g/mol. The molecule has 0 aliphatic carbocycles. The smallest absolute Gasteiger partial charge is 0.239 e. The van der Waals surface area contributed by atoms with Crippen molar-refractivity contribution in [1.29, 1.82) is 0 Å². The zero-order valence-corrected chi connectivity index (χ0v) is 8.62. The van der Waals surface area contributed by atoms with Crippen molar-refractivity contribution in [2.45, 2.75) is 31.8 Å². The minimum Gasteiger partial charge on any atom is -0.370 e. The Hall–Kier alpha value is -1.10. The van der Waals surface area contributed by atoms with Gasteiger partial charge in [0.25, 0.3) is 0 Å². The third-order valence-corrected chi connectivity index (χ3v) is 2.42. The van der Waals surface area contributed by atoms with E-state index in [0.29, 0.717) is 0 Å². The molecule has 0 aromatic carbocycles. The minimum absolute atomic E-state index is 0.0343. The Morgan fingerprint density at radius 2 is 2.43 bits per heavy atom. The van der Waals surface area contributed by atoms with Gasteiger partial charge in [0.1, 0.15) is 0 Å². The number of rotatable bonds is 4. The molecule has 2 amide bonds. The molecule has 2 atom stereocenters. The Morgan fingerprint density at radius 1 is 1.79 bits per heavy atom. The second-order valence-corrected chi connectivity index (χ2v) is 3.84. The number of nitrogens with one attached hydrogen (secondary N) is 1. The lowest BCUT2D eigenvalue weighted by Gasteiger charge is -2.17. The molecule has 2 unspecified atom stereocenters. The first kappa shape index (κ1) is 11.0. The average molecular weight is 199 g/mol. The maximum absolute atomic E-state index is 11.5. The van der Waals surface area contributed by atoms with Crippen LogP contribution in [0.3, 0.4) is 0 Å². The lowest BCUT2D eigenvalue weighted by molar-refractivity contribution is -0.128. The van der Waals surface area contributed by atoms with Crippen molar-refractivity contribution < 1.29 is 9.59 Å². The molecular weight excluding hydrogens is 182 g/mol. The Labute approximate surface area is 83.6 Å². The molecule has 0 spiro atoms. The summed E-state index contributed by atoms with van der Waals surface area (Å²) in [5.74, 6) is -0.245. The molecule has 0 aromatic heterocycles. The number of primary amides is 1. The summed E-state index contributed by atoms with van der Waals surface area (Å²) in [4.78, 5) is 23.8. The molecule has 0 saturated carbocycles. The van der Waals surface area contributed by atoms with Gasteiger partial charge in [-0.2, -0.15) is 0 Å². The summed E-state index contributed by atoms with van der Waals surface area (Å²) in [5.41, 5.74) is 5.06. The molecule has 5 nitrogen and oxygen atoms in total. The van der Waals surface area contributed by atoms with Gasteiger partial charge in [-0.15, -0.1) is 0 Å². The SMILES string of the molecule is CC(CC(N)=O)NC1CCN(C)C1=O. The van der Waals surface area contributed by atoms with Gasteiger partial charge in [0, 0.05) is 26.1 Å². The van der Waals surface area contributed by atoms with Crippen LogP contribution in [0.5, 0.6) is 0 Å².